The van der Waals surface area contributed by atoms with E-state index in [4.69, 9.17) is 4.74 Å². The van der Waals surface area contributed by atoms with E-state index in [2.05, 4.69) is 10.6 Å². The van der Waals surface area contributed by atoms with Gasteiger partial charge < -0.3 is 20.5 Å². The first-order chi connectivity index (χ1) is 21.3. The summed E-state index contributed by atoms with van der Waals surface area (Å²) in [4.78, 5) is 38.4. The highest BCUT2D eigenvalue weighted by Gasteiger charge is 2.34. The largest absolute Gasteiger partial charge is 0.496 e. The standard InChI is InChI=1S/C33H21F5N2O5/c1-45-29-11-7-19(22-14-20(32(43)44)6-9-26(22)34)13-24(29)31(42)40-28-15-18-5-3-2-4-17(18)12-23(28)30(41)39-21-8-10-27(35)25(16-21)33(36,37)38/h2-16H,1H3,(H,39,41)(H,40,42)(H,43,44). The Kier molecular flexibility index (Phi) is 8.23. The molecule has 5 rings (SSSR count). The molecule has 0 fully saturated rings. The van der Waals surface area contributed by atoms with Crippen molar-refractivity contribution in [1.29, 1.82) is 0 Å². The van der Waals surface area contributed by atoms with E-state index in [1.807, 2.05) is 0 Å². The second kappa shape index (κ2) is 12.1. The molecule has 0 heterocycles. The predicted molar refractivity (Wildman–Crippen MR) is 157 cm³/mol. The van der Waals surface area contributed by atoms with Crippen LogP contribution >= 0.6 is 0 Å². The number of carboxylic acids is 1. The van der Waals surface area contributed by atoms with Crippen LogP contribution in [0.4, 0.5) is 33.3 Å². The van der Waals surface area contributed by atoms with E-state index >= 15 is 0 Å². The number of carbonyl (C=O) groups is 3. The molecule has 0 aliphatic heterocycles. The maximum Gasteiger partial charge on any atom is 0.419 e. The lowest BCUT2D eigenvalue weighted by molar-refractivity contribution is -0.139. The average molecular weight is 621 g/mol. The molecule has 12 heteroatoms. The Labute approximate surface area is 251 Å². The van der Waals surface area contributed by atoms with Crippen molar-refractivity contribution in [3.63, 3.8) is 0 Å². The van der Waals surface area contributed by atoms with E-state index < -0.39 is 41.2 Å². The molecular formula is C33H21F5N2O5. The highest BCUT2D eigenvalue weighted by atomic mass is 19.4. The minimum absolute atomic E-state index is 0.0270. The molecule has 5 aromatic carbocycles. The molecule has 0 saturated heterocycles. The van der Waals surface area contributed by atoms with Crippen LogP contribution in [-0.4, -0.2) is 30.0 Å². The van der Waals surface area contributed by atoms with E-state index in [0.29, 0.717) is 22.9 Å². The van der Waals surface area contributed by atoms with Gasteiger partial charge in [-0.2, -0.15) is 13.2 Å². The van der Waals surface area contributed by atoms with Crippen molar-refractivity contribution in [2.45, 2.75) is 6.18 Å². The van der Waals surface area contributed by atoms with Crippen LogP contribution in [0.1, 0.15) is 36.6 Å². The van der Waals surface area contributed by atoms with Crippen LogP contribution in [0.5, 0.6) is 5.75 Å². The molecule has 0 bridgehead atoms. The number of rotatable bonds is 7. The number of amides is 2. The number of carbonyl (C=O) groups excluding carboxylic acids is 2. The summed E-state index contributed by atoms with van der Waals surface area (Å²) in [6.07, 6.45) is -5.00. The molecule has 0 aliphatic rings. The molecule has 0 saturated carbocycles. The van der Waals surface area contributed by atoms with Gasteiger partial charge in [-0.15, -0.1) is 0 Å². The summed E-state index contributed by atoms with van der Waals surface area (Å²) in [5, 5.41) is 15.5. The van der Waals surface area contributed by atoms with E-state index in [1.165, 1.54) is 37.4 Å². The van der Waals surface area contributed by atoms with Gasteiger partial charge in [0.25, 0.3) is 11.8 Å². The first-order valence-electron chi connectivity index (χ1n) is 13.1. The Balaban J connectivity index is 1.54. The molecule has 0 radical (unpaired) electrons. The zero-order chi connectivity index (χ0) is 32.5. The molecule has 228 valence electrons. The monoisotopic (exact) mass is 620 g/mol. The van der Waals surface area contributed by atoms with Crippen LogP contribution in [-0.2, 0) is 6.18 Å². The summed E-state index contributed by atoms with van der Waals surface area (Å²) < 4.78 is 73.6. The van der Waals surface area contributed by atoms with Gasteiger partial charge in [0.15, 0.2) is 0 Å². The van der Waals surface area contributed by atoms with E-state index in [-0.39, 0.29) is 44.9 Å². The summed E-state index contributed by atoms with van der Waals surface area (Å²) in [6.45, 7) is 0. The van der Waals surface area contributed by atoms with Crippen LogP contribution in [0.2, 0.25) is 0 Å². The van der Waals surface area contributed by atoms with Crippen LogP contribution in [0, 0.1) is 11.6 Å². The molecule has 45 heavy (non-hydrogen) atoms. The number of ether oxygens (including phenoxy) is 1. The molecular weight excluding hydrogens is 599 g/mol. The Morgan fingerprint density at radius 3 is 2.07 bits per heavy atom. The maximum absolute atomic E-state index is 14.7. The Morgan fingerprint density at radius 1 is 0.733 bits per heavy atom. The van der Waals surface area contributed by atoms with E-state index in [9.17, 15) is 41.4 Å². The third kappa shape index (κ3) is 6.44. The molecule has 7 nitrogen and oxygen atoms in total. The quantitative estimate of drug-likeness (QED) is 0.160. The third-order valence-corrected chi connectivity index (χ3v) is 6.88. The molecule has 3 N–H and O–H groups in total. The lowest BCUT2D eigenvalue weighted by Gasteiger charge is -2.16. The number of carboxylic acid groups (broad SMARTS) is 1. The lowest BCUT2D eigenvalue weighted by Crippen LogP contribution is -2.19. The summed E-state index contributed by atoms with van der Waals surface area (Å²) in [5.41, 5.74) is -2.25. The second-order valence-electron chi connectivity index (χ2n) is 9.76. The van der Waals surface area contributed by atoms with Crippen molar-refractivity contribution in [1.82, 2.24) is 0 Å². The fourth-order valence-corrected chi connectivity index (χ4v) is 4.67. The molecule has 0 spiro atoms. The van der Waals surface area contributed by atoms with Crippen molar-refractivity contribution >= 4 is 39.9 Å². The number of hydrogen-bond acceptors (Lipinski definition) is 4. The molecule has 0 unspecified atom stereocenters. The van der Waals surface area contributed by atoms with Crippen molar-refractivity contribution < 1.29 is 46.2 Å². The van der Waals surface area contributed by atoms with Gasteiger partial charge in [0, 0.05) is 11.3 Å². The number of nitrogens with one attached hydrogen (secondary N) is 2. The number of aromatic carboxylic acids is 1. The van der Waals surface area contributed by atoms with E-state index in [0.717, 1.165) is 24.3 Å². The van der Waals surface area contributed by atoms with Crippen LogP contribution < -0.4 is 15.4 Å². The van der Waals surface area contributed by atoms with Gasteiger partial charge >= 0.3 is 12.1 Å². The first-order valence-corrected chi connectivity index (χ1v) is 13.1. The molecule has 0 aromatic heterocycles. The normalized spacial score (nSPS) is 11.2. The summed E-state index contributed by atoms with van der Waals surface area (Å²) in [5.74, 6) is -5.15. The van der Waals surface area contributed by atoms with Gasteiger partial charge in [0.2, 0.25) is 0 Å². The van der Waals surface area contributed by atoms with Gasteiger partial charge in [-0.1, -0.05) is 30.3 Å². The second-order valence-corrected chi connectivity index (χ2v) is 9.76. The van der Waals surface area contributed by atoms with Crippen LogP contribution in [0.3, 0.4) is 0 Å². The number of halogens is 5. The summed E-state index contributed by atoms with van der Waals surface area (Å²) in [7, 11) is 1.30. The lowest BCUT2D eigenvalue weighted by atomic mass is 9.99. The van der Waals surface area contributed by atoms with Crippen LogP contribution in [0.15, 0.2) is 91.0 Å². The molecule has 0 atom stereocenters. The van der Waals surface area contributed by atoms with Crippen molar-refractivity contribution in [2.24, 2.45) is 0 Å². The fourth-order valence-electron chi connectivity index (χ4n) is 4.67. The number of benzene rings is 5. The predicted octanol–water partition coefficient (Wildman–Crippen LogP) is 8.02. The third-order valence-electron chi connectivity index (χ3n) is 6.88. The first kappa shape index (κ1) is 30.7. The molecule has 2 amide bonds. The highest BCUT2D eigenvalue weighted by Crippen LogP contribution is 2.34. The van der Waals surface area contributed by atoms with Crippen LogP contribution in [0.25, 0.3) is 21.9 Å². The zero-order valence-electron chi connectivity index (χ0n) is 23.1. The number of fused-ring (bicyclic) bond motifs is 1. The molecule has 0 aliphatic carbocycles. The minimum Gasteiger partial charge on any atom is -0.496 e. The molecule has 5 aromatic rings. The topological polar surface area (TPSA) is 105 Å². The number of alkyl halides is 3. The number of anilines is 2. The van der Waals surface area contributed by atoms with Gasteiger partial charge in [0.1, 0.15) is 17.4 Å². The van der Waals surface area contributed by atoms with Crippen molar-refractivity contribution in [3.05, 3.63) is 125 Å². The van der Waals surface area contributed by atoms with Crippen molar-refractivity contribution in [2.75, 3.05) is 17.7 Å². The zero-order valence-corrected chi connectivity index (χ0v) is 23.1. The van der Waals surface area contributed by atoms with Crippen molar-refractivity contribution in [3.8, 4) is 16.9 Å². The SMILES string of the molecule is COc1ccc(-c2cc(C(=O)O)ccc2F)cc1C(=O)Nc1cc2ccccc2cc1C(=O)Nc1ccc(F)c(C(F)(F)F)c1. The van der Waals surface area contributed by atoms with Gasteiger partial charge in [-0.05, 0) is 77.0 Å². The average Bonchev–Trinajstić information content (AvgIpc) is 3.00. The summed E-state index contributed by atoms with van der Waals surface area (Å²) in [6, 6.07) is 19.0. The smallest absolute Gasteiger partial charge is 0.419 e. The van der Waals surface area contributed by atoms with Gasteiger partial charge in [0.05, 0.1) is 35.1 Å². The summed E-state index contributed by atoms with van der Waals surface area (Å²) >= 11 is 0. The Bertz CT molecular complexity index is 1990. The highest BCUT2D eigenvalue weighted by molar-refractivity contribution is 6.15. The van der Waals surface area contributed by atoms with E-state index in [1.54, 1.807) is 24.3 Å². The van der Waals surface area contributed by atoms with Gasteiger partial charge in [-0.25, -0.2) is 13.6 Å². The number of methoxy groups -OCH3 is 1. The van der Waals surface area contributed by atoms with Gasteiger partial charge in [-0.3, -0.25) is 9.59 Å². The minimum atomic E-state index is -5.00. The Morgan fingerprint density at radius 2 is 1.40 bits per heavy atom. The maximum atomic E-state index is 14.7. The Hall–Kier alpha value is -5.78. The fraction of sp³-hybridized carbons (Fsp3) is 0.0606. The number of hydrogen-bond donors (Lipinski definition) is 3.